The Morgan fingerprint density at radius 1 is 1.00 bits per heavy atom. The molecule has 0 aromatic heterocycles. The molecule has 0 aliphatic carbocycles. The quantitative estimate of drug-likeness (QED) is 0.447. The Labute approximate surface area is 89.7 Å². The van der Waals surface area contributed by atoms with Gasteiger partial charge in [0.2, 0.25) is 0 Å². The second-order valence-electron chi connectivity index (χ2n) is 3.83. The number of hydrogen-bond acceptors (Lipinski definition) is 3. The Hall–Kier alpha value is -0.440. The van der Waals surface area contributed by atoms with E-state index >= 15 is 0 Å². The molecular formula is C7H11F5O3S. The fourth-order valence-corrected chi connectivity index (χ4v) is 0.937. The standard InChI is InChI=1S/C7H11F5O3S/c1-5(2,8)6(3,9)4-15-16(13,14)7(10,11)12/h4H2,1-3H3. The molecule has 0 amide bonds. The van der Waals surface area contributed by atoms with Crippen molar-refractivity contribution in [3.05, 3.63) is 0 Å². The molecule has 0 fully saturated rings. The van der Waals surface area contributed by atoms with E-state index in [-0.39, 0.29) is 0 Å². The van der Waals surface area contributed by atoms with Crippen LogP contribution >= 0.6 is 0 Å². The van der Waals surface area contributed by atoms with Crippen molar-refractivity contribution in [2.45, 2.75) is 37.6 Å². The van der Waals surface area contributed by atoms with Crippen LogP contribution in [0.5, 0.6) is 0 Å². The third kappa shape index (κ3) is 3.55. The molecule has 0 heterocycles. The van der Waals surface area contributed by atoms with Crippen molar-refractivity contribution in [2.75, 3.05) is 6.61 Å². The summed E-state index contributed by atoms with van der Waals surface area (Å²) in [5.74, 6) is 0. The number of alkyl halides is 5. The highest BCUT2D eigenvalue weighted by molar-refractivity contribution is 7.87. The van der Waals surface area contributed by atoms with Gasteiger partial charge in [0.25, 0.3) is 0 Å². The van der Waals surface area contributed by atoms with E-state index in [4.69, 9.17) is 0 Å². The maximum Gasteiger partial charge on any atom is 0.523 e. The van der Waals surface area contributed by atoms with E-state index in [0.717, 1.165) is 13.8 Å². The topological polar surface area (TPSA) is 43.4 Å². The van der Waals surface area contributed by atoms with Crippen molar-refractivity contribution in [1.82, 2.24) is 0 Å². The van der Waals surface area contributed by atoms with Gasteiger partial charge in [-0.15, -0.1) is 0 Å². The molecule has 1 unspecified atom stereocenters. The minimum absolute atomic E-state index is 0.610. The Balaban J connectivity index is 4.73. The Morgan fingerprint density at radius 2 is 1.38 bits per heavy atom. The largest absolute Gasteiger partial charge is 0.523 e. The van der Waals surface area contributed by atoms with Crippen LogP contribution in [0.25, 0.3) is 0 Å². The molecule has 0 bridgehead atoms. The lowest BCUT2D eigenvalue weighted by Gasteiger charge is -2.29. The molecule has 0 aromatic carbocycles. The molecule has 3 nitrogen and oxygen atoms in total. The van der Waals surface area contributed by atoms with E-state index in [1.165, 1.54) is 0 Å². The maximum absolute atomic E-state index is 13.4. The minimum atomic E-state index is -5.90. The zero-order valence-corrected chi connectivity index (χ0v) is 9.55. The molecular weight excluding hydrogens is 259 g/mol. The Kier molecular flexibility index (Phi) is 3.99. The molecule has 0 saturated carbocycles. The van der Waals surface area contributed by atoms with E-state index < -0.39 is 33.6 Å². The summed E-state index contributed by atoms with van der Waals surface area (Å²) in [4.78, 5) is 0. The third-order valence-electron chi connectivity index (χ3n) is 2.01. The van der Waals surface area contributed by atoms with E-state index in [1.807, 2.05) is 0 Å². The maximum atomic E-state index is 13.4. The van der Waals surface area contributed by atoms with Crippen LogP contribution in [-0.4, -0.2) is 31.9 Å². The van der Waals surface area contributed by atoms with Crippen molar-refractivity contribution < 1.29 is 34.6 Å². The highest BCUT2D eigenvalue weighted by Gasteiger charge is 2.50. The Morgan fingerprint density at radius 3 is 1.62 bits per heavy atom. The van der Waals surface area contributed by atoms with Gasteiger partial charge < -0.3 is 0 Å². The average Bonchev–Trinajstić information content (AvgIpc) is 1.97. The Bertz CT molecular complexity index is 338. The van der Waals surface area contributed by atoms with Gasteiger partial charge in [-0.1, -0.05) is 0 Å². The van der Waals surface area contributed by atoms with Crippen LogP contribution in [0.2, 0.25) is 0 Å². The van der Waals surface area contributed by atoms with Crippen molar-refractivity contribution in [3.8, 4) is 0 Å². The second kappa shape index (κ2) is 4.10. The summed E-state index contributed by atoms with van der Waals surface area (Å²) < 4.78 is 86.0. The molecule has 0 saturated heterocycles. The van der Waals surface area contributed by atoms with Crippen LogP contribution in [0.3, 0.4) is 0 Å². The molecule has 0 radical (unpaired) electrons. The minimum Gasteiger partial charge on any atom is -0.260 e. The van der Waals surface area contributed by atoms with E-state index in [2.05, 4.69) is 4.18 Å². The summed E-state index contributed by atoms with van der Waals surface area (Å²) in [7, 11) is -5.90. The summed E-state index contributed by atoms with van der Waals surface area (Å²) in [6.07, 6.45) is 0. The zero-order chi connectivity index (χ0) is 13.4. The summed E-state index contributed by atoms with van der Waals surface area (Å²) in [6.45, 7) is 0.588. The monoisotopic (exact) mass is 270 g/mol. The van der Waals surface area contributed by atoms with Crippen molar-refractivity contribution in [2.24, 2.45) is 0 Å². The molecule has 0 aromatic rings. The van der Waals surface area contributed by atoms with Crippen molar-refractivity contribution >= 4 is 10.1 Å². The van der Waals surface area contributed by atoms with Gasteiger partial charge in [0, 0.05) is 0 Å². The first-order chi connectivity index (χ1) is 6.71. The summed E-state index contributed by atoms with van der Waals surface area (Å²) in [5, 5.41) is 0. The van der Waals surface area contributed by atoms with Gasteiger partial charge in [-0.2, -0.15) is 21.6 Å². The van der Waals surface area contributed by atoms with Gasteiger partial charge in [-0.25, -0.2) is 8.78 Å². The van der Waals surface area contributed by atoms with E-state index in [9.17, 15) is 30.4 Å². The van der Waals surface area contributed by atoms with Gasteiger partial charge in [-0.3, -0.25) is 4.18 Å². The van der Waals surface area contributed by atoms with Gasteiger partial charge in [0.05, 0.1) is 0 Å². The van der Waals surface area contributed by atoms with Crippen LogP contribution in [-0.2, 0) is 14.3 Å². The normalized spacial score (nSPS) is 18.2. The van der Waals surface area contributed by atoms with Crippen LogP contribution in [0.1, 0.15) is 20.8 Å². The van der Waals surface area contributed by atoms with Gasteiger partial charge in [0.15, 0.2) is 5.67 Å². The highest BCUT2D eigenvalue weighted by Crippen LogP contribution is 2.32. The van der Waals surface area contributed by atoms with Crippen LogP contribution < -0.4 is 0 Å². The number of rotatable bonds is 4. The molecule has 0 rings (SSSR count). The smallest absolute Gasteiger partial charge is 0.260 e. The molecule has 0 N–H and O–H groups in total. The molecule has 16 heavy (non-hydrogen) atoms. The lowest BCUT2D eigenvalue weighted by molar-refractivity contribution is -0.0676. The third-order valence-corrected chi connectivity index (χ3v) is 3.00. The molecule has 9 heteroatoms. The predicted molar refractivity (Wildman–Crippen MR) is 45.6 cm³/mol. The van der Waals surface area contributed by atoms with E-state index in [0.29, 0.717) is 6.92 Å². The molecule has 1 atom stereocenters. The molecule has 0 aliphatic heterocycles. The highest BCUT2D eigenvalue weighted by atomic mass is 32.2. The van der Waals surface area contributed by atoms with Crippen LogP contribution in [0, 0.1) is 0 Å². The fourth-order valence-electron chi connectivity index (χ4n) is 0.427. The average molecular weight is 270 g/mol. The lowest BCUT2D eigenvalue weighted by Crippen LogP contribution is -2.45. The van der Waals surface area contributed by atoms with E-state index in [1.54, 1.807) is 0 Å². The lowest BCUT2D eigenvalue weighted by atomic mass is 9.92. The second-order valence-corrected chi connectivity index (χ2v) is 5.44. The summed E-state index contributed by atoms with van der Waals surface area (Å²) >= 11 is 0. The van der Waals surface area contributed by atoms with Crippen LogP contribution in [0.4, 0.5) is 22.0 Å². The first-order valence-corrected chi connectivity index (χ1v) is 5.45. The van der Waals surface area contributed by atoms with Gasteiger partial charge >= 0.3 is 15.6 Å². The zero-order valence-electron chi connectivity index (χ0n) is 8.73. The summed E-state index contributed by atoms with van der Waals surface area (Å²) in [5.41, 5.74) is -11.0. The van der Waals surface area contributed by atoms with Gasteiger partial charge in [0.1, 0.15) is 12.3 Å². The van der Waals surface area contributed by atoms with Crippen LogP contribution in [0.15, 0.2) is 0 Å². The number of hydrogen-bond donors (Lipinski definition) is 0. The first kappa shape index (κ1) is 15.6. The molecule has 0 aliphatic rings. The SMILES string of the molecule is CC(C)(F)C(C)(F)COS(=O)(=O)C(F)(F)F. The fraction of sp³-hybridized carbons (Fsp3) is 1.00. The molecule has 98 valence electrons. The van der Waals surface area contributed by atoms with Gasteiger partial charge in [-0.05, 0) is 20.8 Å². The predicted octanol–water partition coefficient (Wildman–Crippen LogP) is 2.33. The van der Waals surface area contributed by atoms with Crippen molar-refractivity contribution in [1.29, 1.82) is 0 Å². The van der Waals surface area contributed by atoms with Crippen molar-refractivity contribution in [3.63, 3.8) is 0 Å². The summed E-state index contributed by atoms with van der Waals surface area (Å²) in [6, 6.07) is 0. The molecule has 0 spiro atoms. The number of halogens is 5. The first-order valence-electron chi connectivity index (χ1n) is 4.04.